The maximum absolute atomic E-state index is 13.1. The molecule has 1 saturated heterocycles. The van der Waals surface area contributed by atoms with E-state index in [0.29, 0.717) is 41.8 Å². The van der Waals surface area contributed by atoms with Gasteiger partial charge in [-0.2, -0.15) is 0 Å². The van der Waals surface area contributed by atoms with Crippen LogP contribution in [0, 0.1) is 5.92 Å². The lowest BCUT2D eigenvalue weighted by Crippen LogP contribution is -2.32. The summed E-state index contributed by atoms with van der Waals surface area (Å²) in [6.07, 6.45) is 0.853. The van der Waals surface area contributed by atoms with Gasteiger partial charge in [0, 0.05) is 19.2 Å². The minimum Gasteiger partial charge on any atom is -0.507 e. The molecule has 1 heterocycles. The number of amides is 1. The minimum atomic E-state index is -0.763. The fourth-order valence-electron chi connectivity index (χ4n) is 3.79. The van der Waals surface area contributed by atoms with Gasteiger partial charge in [-0.25, -0.2) is 0 Å². The van der Waals surface area contributed by atoms with Crippen molar-refractivity contribution in [2.45, 2.75) is 33.2 Å². The Morgan fingerprint density at radius 3 is 2.41 bits per heavy atom. The van der Waals surface area contributed by atoms with Crippen molar-refractivity contribution in [2.24, 2.45) is 5.92 Å². The molecule has 0 spiro atoms. The summed E-state index contributed by atoms with van der Waals surface area (Å²) >= 11 is 0. The summed E-state index contributed by atoms with van der Waals surface area (Å²) in [4.78, 5) is 27.5. The van der Waals surface area contributed by atoms with Crippen molar-refractivity contribution in [3.05, 3.63) is 65.2 Å². The number of carbonyl (C=O) groups excluding carboxylic acids is 2. The van der Waals surface area contributed by atoms with Gasteiger partial charge in [-0.05, 0) is 42.2 Å². The Morgan fingerprint density at radius 1 is 1.03 bits per heavy atom. The number of nitrogens with zero attached hydrogens (tertiary/aromatic N) is 1. The first-order valence-electron chi connectivity index (χ1n) is 11.6. The van der Waals surface area contributed by atoms with Crippen LogP contribution in [-0.2, 0) is 14.3 Å². The van der Waals surface area contributed by atoms with Gasteiger partial charge in [0.2, 0.25) is 0 Å². The number of ketones is 1. The van der Waals surface area contributed by atoms with Crippen LogP contribution >= 0.6 is 0 Å². The van der Waals surface area contributed by atoms with Crippen LogP contribution in [0.25, 0.3) is 5.76 Å². The summed E-state index contributed by atoms with van der Waals surface area (Å²) < 4.78 is 16.7. The summed E-state index contributed by atoms with van der Waals surface area (Å²) in [6.45, 7) is 7.65. The molecule has 0 radical (unpaired) electrons. The highest BCUT2D eigenvalue weighted by Gasteiger charge is 2.46. The van der Waals surface area contributed by atoms with E-state index in [9.17, 15) is 14.7 Å². The van der Waals surface area contributed by atoms with Crippen molar-refractivity contribution in [1.29, 1.82) is 0 Å². The predicted molar refractivity (Wildman–Crippen MR) is 130 cm³/mol. The molecule has 182 valence electrons. The Kier molecular flexibility index (Phi) is 8.71. The minimum absolute atomic E-state index is 0.0368. The van der Waals surface area contributed by atoms with E-state index in [-0.39, 0.29) is 24.5 Å². The average molecular weight is 468 g/mol. The lowest BCUT2D eigenvalue weighted by Gasteiger charge is -2.25. The van der Waals surface area contributed by atoms with Crippen molar-refractivity contribution in [3.63, 3.8) is 0 Å². The maximum atomic E-state index is 13.1. The van der Waals surface area contributed by atoms with E-state index in [1.54, 1.807) is 24.3 Å². The number of hydrogen-bond donors (Lipinski definition) is 1. The molecule has 34 heavy (non-hydrogen) atoms. The average Bonchev–Trinajstić information content (AvgIpc) is 3.09. The van der Waals surface area contributed by atoms with Gasteiger partial charge in [0.1, 0.15) is 17.3 Å². The van der Waals surface area contributed by atoms with E-state index in [0.717, 1.165) is 6.42 Å². The lowest BCUT2D eigenvalue weighted by atomic mass is 9.95. The quantitative estimate of drug-likeness (QED) is 0.296. The number of ether oxygens (including phenoxy) is 3. The Balaban J connectivity index is 2.07. The molecule has 1 N–H and O–H groups in total. The number of benzene rings is 2. The summed E-state index contributed by atoms with van der Waals surface area (Å²) in [6, 6.07) is 13.4. The molecular weight excluding hydrogens is 434 g/mol. The van der Waals surface area contributed by atoms with Gasteiger partial charge in [0.15, 0.2) is 0 Å². The Bertz CT molecular complexity index is 1040. The van der Waals surface area contributed by atoms with Crippen LogP contribution in [0.1, 0.15) is 44.4 Å². The summed E-state index contributed by atoms with van der Waals surface area (Å²) in [5.41, 5.74) is 1.13. The zero-order chi connectivity index (χ0) is 24.7. The third-order valence-electron chi connectivity index (χ3n) is 5.41. The number of carbonyl (C=O) groups is 2. The molecule has 7 nitrogen and oxygen atoms in total. The van der Waals surface area contributed by atoms with Gasteiger partial charge in [-0.3, -0.25) is 9.59 Å². The van der Waals surface area contributed by atoms with Crippen molar-refractivity contribution in [2.75, 3.05) is 33.5 Å². The van der Waals surface area contributed by atoms with E-state index in [1.807, 2.05) is 45.0 Å². The van der Waals surface area contributed by atoms with Crippen LogP contribution < -0.4 is 9.47 Å². The lowest BCUT2D eigenvalue weighted by molar-refractivity contribution is -0.140. The first-order chi connectivity index (χ1) is 16.4. The summed E-state index contributed by atoms with van der Waals surface area (Å²) in [5.74, 6) is -0.0787. The predicted octanol–water partition coefficient (Wildman–Crippen LogP) is 4.58. The molecule has 1 unspecified atom stereocenters. The smallest absolute Gasteiger partial charge is 0.295 e. The van der Waals surface area contributed by atoms with E-state index in [1.165, 1.54) is 12.0 Å². The monoisotopic (exact) mass is 467 g/mol. The number of likely N-dealkylation sites (tertiary alicyclic amines) is 1. The molecule has 1 aliphatic heterocycles. The van der Waals surface area contributed by atoms with E-state index >= 15 is 0 Å². The van der Waals surface area contributed by atoms with E-state index in [2.05, 4.69) is 0 Å². The standard InChI is InChI=1S/C27H33NO6/c1-5-13-33-21-10-6-8-19(15-21)24-23(26(30)27(31)28(24)12-14-32-4)25(29)20-9-7-11-22(16-20)34-17-18(2)3/h6-11,15-16,18,24,29H,5,12-14,17H2,1-4H3/b25-23-. The van der Waals surface area contributed by atoms with Gasteiger partial charge in [-0.15, -0.1) is 0 Å². The second-order valence-corrected chi connectivity index (χ2v) is 8.64. The highest BCUT2D eigenvalue weighted by molar-refractivity contribution is 6.46. The molecule has 1 fully saturated rings. The van der Waals surface area contributed by atoms with Gasteiger partial charge in [0.05, 0.1) is 31.4 Å². The zero-order valence-corrected chi connectivity index (χ0v) is 20.2. The van der Waals surface area contributed by atoms with E-state index < -0.39 is 17.7 Å². The SMILES string of the molecule is CCCOc1cccc(C2/C(=C(/O)c3cccc(OCC(C)C)c3)C(=O)C(=O)N2CCOC)c1. The normalized spacial score (nSPS) is 17.4. The third kappa shape index (κ3) is 5.78. The number of methoxy groups -OCH3 is 1. The van der Waals surface area contributed by atoms with Crippen LogP contribution in [0.3, 0.4) is 0 Å². The van der Waals surface area contributed by atoms with Crippen molar-refractivity contribution >= 4 is 17.4 Å². The van der Waals surface area contributed by atoms with Crippen LogP contribution in [0.15, 0.2) is 54.1 Å². The highest BCUT2D eigenvalue weighted by atomic mass is 16.5. The Morgan fingerprint density at radius 2 is 1.74 bits per heavy atom. The molecule has 2 aromatic carbocycles. The van der Waals surface area contributed by atoms with Crippen molar-refractivity contribution in [1.82, 2.24) is 4.90 Å². The van der Waals surface area contributed by atoms with Gasteiger partial charge >= 0.3 is 0 Å². The molecule has 1 aliphatic rings. The molecule has 7 heteroatoms. The highest BCUT2D eigenvalue weighted by Crippen LogP contribution is 2.40. The molecule has 0 bridgehead atoms. The van der Waals surface area contributed by atoms with Crippen molar-refractivity contribution in [3.8, 4) is 11.5 Å². The largest absolute Gasteiger partial charge is 0.507 e. The first-order valence-corrected chi connectivity index (χ1v) is 11.6. The first kappa shape index (κ1) is 25.3. The molecule has 2 aromatic rings. The van der Waals surface area contributed by atoms with Crippen LogP contribution in [0.2, 0.25) is 0 Å². The van der Waals surface area contributed by atoms with Gasteiger partial charge < -0.3 is 24.2 Å². The van der Waals surface area contributed by atoms with E-state index in [4.69, 9.17) is 14.2 Å². The molecule has 0 saturated carbocycles. The summed E-state index contributed by atoms with van der Waals surface area (Å²) in [5, 5.41) is 11.3. The third-order valence-corrected chi connectivity index (χ3v) is 5.41. The Labute approximate surface area is 200 Å². The molecule has 0 aromatic heterocycles. The zero-order valence-electron chi connectivity index (χ0n) is 20.2. The molecular formula is C27H33NO6. The summed E-state index contributed by atoms with van der Waals surface area (Å²) in [7, 11) is 1.54. The number of aliphatic hydroxyl groups excluding tert-OH is 1. The molecule has 3 rings (SSSR count). The fraction of sp³-hybridized carbons (Fsp3) is 0.407. The second kappa shape index (κ2) is 11.7. The van der Waals surface area contributed by atoms with Gasteiger partial charge in [-0.1, -0.05) is 45.0 Å². The molecule has 1 amide bonds. The maximum Gasteiger partial charge on any atom is 0.295 e. The molecule has 0 aliphatic carbocycles. The number of Topliss-reactive ketones (excluding diaryl/α,β-unsaturated/α-hetero) is 1. The van der Waals surface area contributed by atoms with Crippen LogP contribution in [0.5, 0.6) is 11.5 Å². The topological polar surface area (TPSA) is 85.3 Å². The van der Waals surface area contributed by atoms with Crippen LogP contribution in [0.4, 0.5) is 0 Å². The van der Waals surface area contributed by atoms with Crippen molar-refractivity contribution < 1.29 is 28.9 Å². The van der Waals surface area contributed by atoms with Gasteiger partial charge in [0.25, 0.3) is 11.7 Å². The number of hydrogen-bond acceptors (Lipinski definition) is 6. The number of aliphatic hydroxyl groups is 1. The Hall–Kier alpha value is -3.32. The number of rotatable bonds is 11. The van der Waals surface area contributed by atoms with Crippen LogP contribution in [-0.4, -0.2) is 55.2 Å². The second-order valence-electron chi connectivity index (χ2n) is 8.64. The molecule has 1 atom stereocenters. The fourth-order valence-corrected chi connectivity index (χ4v) is 3.79.